The predicted molar refractivity (Wildman–Crippen MR) is 197 cm³/mol. The van der Waals surface area contributed by atoms with Gasteiger partial charge in [0.2, 0.25) is 5.72 Å². The van der Waals surface area contributed by atoms with Crippen molar-refractivity contribution in [2.24, 2.45) is 0 Å². The Hall–Kier alpha value is -4.94. The molecule has 3 aromatic carbocycles. The first kappa shape index (κ1) is 36.7. The highest BCUT2D eigenvalue weighted by atomic mass is 19.2. The molecule has 14 nitrogen and oxygen atoms in total. The number of morpholine rings is 1. The Balaban J connectivity index is 0.782. The lowest BCUT2D eigenvalue weighted by Crippen LogP contribution is -2.60. The molecule has 5 aliphatic rings. The Morgan fingerprint density at radius 3 is 2.30 bits per heavy atom. The summed E-state index contributed by atoms with van der Waals surface area (Å²) in [5.74, 6) is -0.795. The zero-order valence-electron chi connectivity index (χ0n) is 31.0. The van der Waals surface area contributed by atoms with Gasteiger partial charge in [-0.25, -0.2) is 23.2 Å². The van der Waals surface area contributed by atoms with E-state index in [0.717, 1.165) is 49.3 Å². The molecule has 56 heavy (non-hydrogen) atoms. The van der Waals surface area contributed by atoms with E-state index in [4.69, 9.17) is 23.7 Å². The zero-order chi connectivity index (χ0) is 38.7. The number of alkyl halides is 1. The Morgan fingerprint density at radius 2 is 1.66 bits per heavy atom. The van der Waals surface area contributed by atoms with Crippen LogP contribution in [0.1, 0.15) is 19.4 Å². The van der Waals surface area contributed by atoms with E-state index in [0.29, 0.717) is 12.3 Å². The number of piperazine rings is 1. The van der Waals surface area contributed by atoms with E-state index in [1.165, 1.54) is 29.5 Å². The maximum Gasteiger partial charge on any atom is 0.368 e. The molecule has 6 heterocycles. The molecule has 1 aromatic heterocycles. The van der Waals surface area contributed by atoms with Crippen LogP contribution in [0.2, 0.25) is 0 Å². The Bertz CT molecular complexity index is 2040. The molecule has 3 unspecified atom stereocenters. The summed E-state index contributed by atoms with van der Waals surface area (Å²) < 4.78 is 74.4. The molecule has 5 fully saturated rings. The summed E-state index contributed by atoms with van der Waals surface area (Å²) in [6.07, 6.45) is 2.07. The van der Waals surface area contributed by atoms with Gasteiger partial charge < -0.3 is 33.6 Å². The molecule has 0 radical (unpaired) electrons. The van der Waals surface area contributed by atoms with Crippen LogP contribution >= 0.6 is 0 Å². The molecule has 1 N–H and O–H groups in total. The largest absolute Gasteiger partial charge is 0.488 e. The van der Waals surface area contributed by atoms with E-state index in [9.17, 15) is 13.6 Å². The third kappa shape index (κ3) is 6.50. The normalized spacial score (nSPS) is 29.0. The van der Waals surface area contributed by atoms with Crippen molar-refractivity contribution >= 4 is 23.1 Å². The number of fused-ring (bicyclic) bond motifs is 1. The van der Waals surface area contributed by atoms with Crippen LogP contribution in [0.3, 0.4) is 0 Å². The van der Waals surface area contributed by atoms with E-state index >= 15 is 4.39 Å². The fourth-order valence-electron chi connectivity index (χ4n) is 8.35. The summed E-state index contributed by atoms with van der Waals surface area (Å²) in [5.41, 5.74) is 0.404. The first-order chi connectivity index (χ1) is 27.1. The van der Waals surface area contributed by atoms with Crippen molar-refractivity contribution in [1.82, 2.24) is 25.0 Å². The highest BCUT2D eigenvalue weighted by molar-refractivity contribution is 5.95. The SMILES string of the molecule is CC(C)N1C(=O)N(c2ccc(N3CCN(c4ccc(OC[C@H]5OC[C@](Cn6cncn6)(c6ccc(F)cc6F)O5)cc4)CC3)cc2)CC1C12NCCOC1(F)O2. The van der Waals surface area contributed by atoms with E-state index in [-0.39, 0.29) is 50.5 Å². The lowest BCUT2D eigenvalue weighted by Gasteiger charge is -2.37. The maximum atomic E-state index is 15.3. The number of carbonyl (C=O) groups excluding carboxylic acids is 1. The summed E-state index contributed by atoms with van der Waals surface area (Å²) in [7, 11) is 0. The smallest absolute Gasteiger partial charge is 0.368 e. The summed E-state index contributed by atoms with van der Waals surface area (Å²) in [6, 6.07) is 16.0. The minimum absolute atomic E-state index is 0.0146. The third-order valence-electron chi connectivity index (χ3n) is 11.2. The molecular formula is C39H43F3N8O6. The van der Waals surface area contributed by atoms with Crippen molar-refractivity contribution in [3.8, 4) is 5.75 Å². The highest BCUT2D eigenvalue weighted by Gasteiger charge is 2.81. The fraction of sp³-hybridized carbons (Fsp3) is 0.462. The number of nitrogens with one attached hydrogen (secondary N) is 1. The number of aromatic nitrogens is 3. The zero-order valence-corrected chi connectivity index (χ0v) is 31.0. The number of halogens is 3. The second kappa shape index (κ2) is 14.2. The topological polar surface area (TPSA) is 122 Å². The number of rotatable bonds is 11. The molecule has 9 rings (SSSR count). The van der Waals surface area contributed by atoms with Crippen LogP contribution in [0.25, 0.3) is 0 Å². The fourth-order valence-corrected chi connectivity index (χ4v) is 8.35. The van der Waals surface area contributed by atoms with Gasteiger partial charge in [0.1, 0.15) is 48.3 Å². The number of carbonyl (C=O) groups is 1. The van der Waals surface area contributed by atoms with Crippen molar-refractivity contribution in [2.75, 3.05) is 73.8 Å². The van der Waals surface area contributed by atoms with Gasteiger partial charge in [-0.3, -0.25) is 15.0 Å². The van der Waals surface area contributed by atoms with Crippen molar-refractivity contribution in [2.45, 2.75) is 56.1 Å². The van der Waals surface area contributed by atoms with Crippen LogP contribution in [0, 0.1) is 11.6 Å². The summed E-state index contributed by atoms with van der Waals surface area (Å²) in [6.45, 7) is 8.14. The number of hydrogen-bond donors (Lipinski definition) is 1. The van der Waals surface area contributed by atoms with Gasteiger partial charge in [0.15, 0.2) is 6.29 Å². The van der Waals surface area contributed by atoms with Crippen LogP contribution in [-0.4, -0.2) is 115 Å². The van der Waals surface area contributed by atoms with Crippen molar-refractivity contribution in [1.29, 1.82) is 0 Å². The van der Waals surface area contributed by atoms with Gasteiger partial charge in [-0.2, -0.15) is 9.49 Å². The van der Waals surface area contributed by atoms with Crippen LogP contribution in [0.5, 0.6) is 5.75 Å². The monoisotopic (exact) mass is 776 g/mol. The summed E-state index contributed by atoms with van der Waals surface area (Å²) in [4.78, 5) is 25.6. The number of anilines is 3. The molecule has 17 heteroatoms. The summed E-state index contributed by atoms with van der Waals surface area (Å²) in [5, 5.41) is 7.27. The second-order valence-corrected chi connectivity index (χ2v) is 14.9. The van der Waals surface area contributed by atoms with Crippen molar-refractivity contribution in [3.05, 3.63) is 96.6 Å². The number of hydrogen-bond acceptors (Lipinski definition) is 11. The van der Waals surface area contributed by atoms with Crippen LogP contribution in [-0.2, 0) is 31.1 Å². The Labute approximate surface area is 321 Å². The quantitative estimate of drug-likeness (QED) is 0.221. The van der Waals surface area contributed by atoms with Crippen LogP contribution in [0.4, 0.5) is 35.0 Å². The third-order valence-corrected chi connectivity index (χ3v) is 11.2. The first-order valence-corrected chi connectivity index (χ1v) is 18.8. The predicted octanol–water partition coefficient (Wildman–Crippen LogP) is 4.22. The molecule has 0 bridgehead atoms. The number of nitrogens with zero attached hydrogens (tertiary/aromatic N) is 7. The van der Waals surface area contributed by atoms with Gasteiger partial charge in [-0.05, 0) is 68.4 Å². The minimum atomic E-state index is -2.23. The van der Waals surface area contributed by atoms with Crippen LogP contribution in [0.15, 0.2) is 79.4 Å². The van der Waals surface area contributed by atoms with E-state index in [1.54, 1.807) is 9.80 Å². The molecular weight excluding hydrogens is 733 g/mol. The number of benzene rings is 3. The van der Waals surface area contributed by atoms with Crippen molar-refractivity contribution < 1.29 is 41.7 Å². The molecule has 5 aliphatic heterocycles. The molecule has 4 aromatic rings. The minimum Gasteiger partial charge on any atom is -0.488 e. The number of epoxide rings is 1. The maximum absolute atomic E-state index is 15.3. The molecule has 0 saturated carbocycles. The average Bonchev–Trinajstić information content (AvgIpc) is 3.61. The molecule has 0 aliphatic carbocycles. The molecule has 5 saturated heterocycles. The van der Waals surface area contributed by atoms with Crippen molar-refractivity contribution in [3.63, 3.8) is 0 Å². The van der Waals surface area contributed by atoms with E-state index in [2.05, 4.69) is 25.2 Å². The van der Waals surface area contributed by atoms with Crippen LogP contribution < -0.4 is 24.8 Å². The second-order valence-electron chi connectivity index (χ2n) is 14.9. The molecule has 2 amide bonds. The number of amides is 2. The highest BCUT2D eigenvalue weighted by Crippen LogP contribution is 2.55. The lowest BCUT2D eigenvalue weighted by molar-refractivity contribution is -0.148. The Kier molecular flexibility index (Phi) is 9.31. The van der Waals surface area contributed by atoms with Gasteiger partial charge in [0.05, 0.1) is 26.3 Å². The lowest BCUT2D eigenvalue weighted by atomic mass is 9.94. The summed E-state index contributed by atoms with van der Waals surface area (Å²) >= 11 is 0. The van der Waals surface area contributed by atoms with Gasteiger partial charge in [-0.15, -0.1) is 0 Å². The molecule has 0 spiro atoms. The number of ether oxygens (including phenoxy) is 5. The Morgan fingerprint density at radius 1 is 0.964 bits per heavy atom. The van der Waals surface area contributed by atoms with Gasteiger partial charge >= 0.3 is 12.1 Å². The molecule has 296 valence electrons. The number of urea groups is 1. The standard InChI is InChI=1S/C39H43F3N8O6/c1-26(2)50-34(38-39(42,56-38)54-18-13-44-38)20-49(36(50)51)30-6-4-28(5-7-30)46-14-16-47(17-15-46)29-8-10-31(11-9-29)52-21-35-53-23-37(55-35,22-48-25-43-24-45-48)32-12-3-27(40)19-33(32)41/h3-12,19,24-26,34-35,44H,13-18,20-23H2,1-2H3/t34?,35-,37+,38?,39?/m0/s1. The van der Waals surface area contributed by atoms with E-state index in [1.807, 2.05) is 62.4 Å². The average molecular weight is 777 g/mol. The first-order valence-electron chi connectivity index (χ1n) is 18.8. The van der Waals surface area contributed by atoms with E-state index < -0.39 is 41.3 Å². The van der Waals surface area contributed by atoms with Gasteiger partial charge in [0.25, 0.3) is 0 Å². The van der Waals surface area contributed by atoms with Gasteiger partial charge in [-0.1, -0.05) is 6.07 Å². The van der Waals surface area contributed by atoms with Gasteiger partial charge in [0, 0.05) is 67.5 Å². The molecule has 5 atom stereocenters.